The van der Waals surface area contributed by atoms with E-state index in [0.717, 1.165) is 5.75 Å². The molecule has 2 nitrogen and oxygen atoms in total. The van der Waals surface area contributed by atoms with E-state index in [-0.39, 0.29) is 0 Å². The molecule has 0 fully saturated rings. The van der Waals surface area contributed by atoms with Gasteiger partial charge >= 0.3 is 0 Å². The fraction of sp³-hybridized carbons (Fsp3) is 0.667. The second kappa shape index (κ2) is 7.56. The third kappa shape index (κ3) is 4.73. The van der Waals surface area contributed by atoms with E-state index in [9.17, 15) is 0 Å². The molecule has 0 bridgehead atoms. The van der Waals surface area contributed by atoms with Crippen molar-refractivity contribution in [2.75, 3.05) is 12.4 Å². The number of methoxy groups -OCH3 is 1. The average Bonchev–Trinajstić information content (AvgIpc) is 2.32. The van der Waals surface area contributed by atoms with E-state index in [1.54, 1.807) is 7.11 Å². The molecule has 0 aliphatic rings. The third-order valence-electron chi connectivity index (χ3n) is 3.68. The van der Waals surface area contributed by atoms with Crippen molar-refractivity contribution < 1.29 is 4.74 Å². The highest BCUT2D eigenvalue weighted by molar-refractivity contribution is 5.60. The van der Waals surface area contributed by atoms with Gasteiger partial charge in [0.25, 0.3) is 0 Å². The Labute approximate surface area is 124 Å². The van der Waals surface area contributed by atoms with E-state index < -0.39 is 0 Å². The van der Waals surface area contributed by atoms with Crippen LogP contribution in [0.5, 0.6) is 5.75 Å². The monoisotopic (exact) mass is 277 g/mol. The molecule has 0 saturated carbocycles. The molecular weight excluding hydrogens is 246 g/mol. The zero-order chi connectivity index (χ0) is 15.3. The Bertz CT molecular complexity index is 414. The molecule has 0 aromatic heterocycles. The van der Waals surface area contributed by atoms with E-state index in [2.05, 4.69) is 59.0 Å². The molecule has 0 aliphatic carbocycles. The van der Waals surface area contributed by atoms with Crippen molar-refractivity contribution in [3.63, 3.8) is 0 Å². The van der Waals surface area contributed by atoms with Gasteiger partial charge < -0.3 is 10.1 Å². The lowest BCUT2D eigenvalue weighted by Crippen LogP contribution is -2.24. The van der Waals surface area contributed by atoms with E-state index in [1.165, 1.54) is 29.7 Å². The van der Waals surface area contributed by atoms with Gasteiger partial charge in [0, 0.05) is 17.3 Å². The summed E-state index contributed by atoms with van der Waals surface area (Å²) in [7, 11) is 1.75. The summed E-state index contributed by atoms with van der Waals surface area (Å²) in [5.74, 6) is 2.42. The Morgan fingerprint density at radius 2 is 1.55 bits per heavy atom. The first-order valence-electron chi connectivity index (χ1n) is 7.75. The third-order valence-corrected chi connectivity index (χ3v) is 3.68. The highest BCUT2D eigenvalue weighted by Gasteiger charge is 2.15. The summed E-state index contributed by atoms with van der Waals surface area (Å²) in [6.07, 6.45) is 2.40. The maximum atomic E-state index is 5.52. The number of anilines is 1. The molecule has 1 rings (SSSR count). The van der Waals surface area contributed by atoms with Crippen molar-refractivity contribution in [1.29, 1.82) is 0 Å². The fourth-order valence-electron chi connectivity index (χ4n) is 2.87. The topological polar surface area (TPSA) is 21.3 Å². The van der Waals surface area contributed by atoms with Gasteiger partial charge in [0.15, 0.2) is 0 Å². The molecule has 1 aromatic carbocycles. The van der Waals surface area contributed by atoms with E-state index in [4.69, 9.17) is 4.74 Å². The zero-order valence-corrected chi connectivity index (χ0v) is 14.2. The van der Waals surface area contributed by atoms with Crippen molar-refractivity contribution in [2.45, 2.75) is 60.4 Å². The average molecular weight is 277 g/mol. The number of ether oxygens (including phenoxy) is 1. The molecule has 2 heteroatoms. The molecule has 0 atom stereocenters. The fourth-order valence-corrected chi connectivity index (χ4v) is 2.87. The van der Waals surface area contributed by atoms with Crippen molar-refractivity contribution in [1.82, 2.24) is 0 Å². The Kier molecular flexibility index (Phi) is 6.38. The van der Waals surface area contributed by atoms with Crippen molar-refractivity contribution in [3.8, 4) is 5.75 Å². The molecule has 114 valence electrons. The quantitative estimate of drug-likeness (QED) is 0.741. The van der Waals surface area contributed by atoms with E-state index in [1.807, 2.05) is 0 Å². The number of aryl methyl sites for hydroxylation is 1. The largest absolute Gasteiger partial charge is 0.496 e. The molecular formula is C18H31NO. The maximum Gasteiger partial charge on any atom is 0.126 e. The zero-order valence-electron chi connectivity index (χ0n) is 14.2. The Balaban J connectivity index is 2.92. The van der Waals surface area contributed by atoms with Gasteiger partial charge in [0.1, 0.15) is 5.75 Å². The predicted octanol–water partition coefficient (Wildman–Crippen LogP) is 5.18. The minimum Gasteiger partial charge on any atom is -0.496 e. The maximum absolute atomic E-state index is 5.52. The minimum absolute atomic E-state index is 0.529. The summed E-state index contributed by atoms with van der Waals surface area (Å²) >= 11 is 0. The molecule has 1 N–H and O–H groups in total. The van der Waals surface area contributed by atoms with Crippen LogP contribution in [0.1, 0.15) is 51.7 Å². The predicted molar refractivity (Wildman–Crippen MR) is 88.8 cm³/mol. The van der Waals surface area contributed by atoms with Crippen LogP contribution in [0.15, 0.2) is 12.1 Å². The second-order valence-electron chi connectivity index (χ2n) is 6.69. The van der Waals surface area contributed by atoms with Crippen molar-refractivity contribution >= 4 is 5.69 Å². The normalized spacial score (nSPS) is 11.5. The van der Waals surface area contributed by atoms with Gasteiger partial charge in [-0.05, 0) is 50.2 Å². The molecule has 0 amide bonds. The van der Waals surface area contributed by atoms with Gasteiger partial charge in [-0.1, -0.05) is 33.8 Å². The van der Waals surface area contributed by atoms with Crippen LogP contribution < -0.4 is 10.1 Å². The molecule has 0 heterocycles. The molecule has 0 spiro atoms. The van der Waals surface area contributed by atoms with Gasteiger partial charge in [0.2, 0.25) is 0 Å². The standard InChI is InChI=1S/C18H31NO/c1-12(2)10-16(11-13(3)4)19-17-9-8-14(5)18(20-7)15(17)6/h8-9,12-13,16,19H,10-11H2,1-7H3. The van der Waals surface area contributed by atoms with Crippen LogP contribution in [-0.4, -0.2) is 13.2 Å². The van der Waals surface area contributed by atoms with Crippen LogP contribution in [0.2, 0.25) is 0 Å². The lowest BCUT2D eigenvalue weighted by Gasteiger charge is -2.25. The highest BCUT2D eigenvalue weighted by atomic mass is 16.5. The Hall–Kier alpha value is -1.18. The summed E-state index contributed by atoms with van der Waals surface area (Å²) in [6.45, 7) is 13.4. The van der Waals surface area contributed by atoms with Crippen LogP contribution in [0.4, 0.5) is 5.69 Å². The first-order valence-corrected chi connectivity index (χ1v) is 7.75. The lowest BCUT2D eigenvalue weighted by atomic mass is 9.95. The molecule has 0 radical (unpaired) electrons. The summed E-state index contributed by atoms with van der Waals surface area (Å²) in [5.41, 5.74) is 3.61. The highest BCUT2D eigenvalue weighted by Crippen LogP contribution is 2.30. The van der Waals surface area contributed by atoms with Gasteiger partial charge in [-0.2, -0.15) is 0 Å². The summed E-state index contributed by atoms with van der Waals surface area (Å²) in [6, 6.07) is 4.85. The Morgan fingerprint density at radius 1 is 1.00 bits per heavy atom. The van der Waals surface area contributed by atoms with Crippen molar-refractivity contribution in [2.24, 2.45) is 11.8 Å². The van der Waals surface area contributed by atoms with Gasteiger partial charge in [-0.3, -0.25) is 0 Å². The van der Waals surface area contributed by atoms with Gasteiger partial charge in [-0.15, -0.1) is 0 Å². The minimum atomic E-state index is 0.529. The SMILES string of the molecule is COc1c(C)ccc(NC(CC(C)C)CC(C)C)c1C. The number of hydrogen-bond acceptors (Lipinski definition) is 2. The first-order chi connectivity index (χ1) is 9.35. The number of hydrogen-bond donors (Lipinski definition) is 1. The number of benzene rings is 1. The second-order valence-corrected chi connectivity index (χ2v) is 6.69. The molecule has 20 heavy (non-hydrogen) atoms. The molecule has 0 unspecified atom stereocenters. The van der Waals surface area contributed by atoms with Gasteiger partial charge in [0.05, 0.1) is 7.11 Å². The van der Waals surface area contributed by atoms with Gasteiger partial charge in [-0.25, -0.2) is 0 Å². The summed E-state index contributed by atoms with van der Waals surface area (Å²) in [5, 5.41) is 3.73. The van der Waals surface area contributed by atoms with Crippen LogP contribution in [-0.2, 0) is 0 Å². The molecule has 0 saturated heterocycles. The van der Waals surface area contributed by atoms with E-state index >= 15 is 0 Å². The summed E-state index contributed by atoms with van der Waals surface area (Å²) < 4.78 is 5.52. The van der Waals surface area contributed by atoms with Crippen LogP contribution in [0.3, 0.4) is 0 Å². The van der Waals surface area contributed by atoms with Crippen molar-refractivity contribution in [3.05, 3.63) is 23.3 Å². The summed E-state index contributed by atoms with van der Waals surface area (Å²) in [4.78, 5) is 0. The smallest absolute Gasteiger partial charge is 0.126 e. The number of nitrogens with one attached hydrogen (secondary N) is 1. The van der Waals surface area contributed by atoms with Crippen LogP contribution in [0, 0.1) is 25.7 Å². The van der Waals surface area contributed by atoms with Crippen LogP contribution >= 0.6 is 0 Å². The molecule has 1 aromatic rings. The lowest BCUT2D eigenvalue weighted by molar-refractivity contribution is 0.408. The van der Waals surface area contributed by atoms with E-state index in [0.29, 0.717) is 17.9 Å². The Morgan fingerprint density at radius 3 is 2.00 bits per heavy atom. The molecule has 0 aliphatic heterocycles. The van der Waals surface area contributed by atoms with Crippen LogP contribution in [0.25, 0.3) is 0 Å². The first kappa shape index (κ1) is 16.9. The number of rotatable bonds is 7.